The van der Waals surface area contributed by atoms with Crippen molar-refractivity contribution in [3.05, 3.63) is 60.9 Å². The fraction of sp³-hybridized carbons (Fsp3) is 0.333. The molecular weight excluding hydrogens is 396 g/mol. The Bertz CT molecular complexity index is 1280. The maximum atomic E-state index is 12.7. The van der Waals surface area contributed by atoms with Gasteiger partial charge in [0.25, 0.3) is 11.1 Å². The molecule has 0 aliphatic carbocycles. The summed E-state index contributed by atoms with van der Waals surface area (Å²) in [6.45, 7) is 1.51. The number of hydrogen-bond acceptors (Lipinski definition) is 7. The van der Waals surface area contributed by atoms with Gasteiger partial charge >= 0.3 is 11.7 Å². The average molecular weight is 416 g/mol. The van der Waals surface area contributed by atoms with Gasteiger partial charge in [0.1, 0.15) is 17.3 Å². The Balaban J connectivity index is 1.89. The van der Waals surface area contributed by atoms with Crippen LogP contribution in [0, 0.1) is 0 Å². The Morgan fingerprint density at radius 1 is 1.20 bits per heavy atom. The molecule has 2 N–H and O–H groups in total. The summed E-state index contributed by atoms with van der Waals surface area (Å²) < 4.78 is 8.34. The summed E-state index contributed by atoms with van der Waals surface area (Å²) in [7, 11) is 4.05. The van der Waals surface area contributed by atoms with Crippen LogP contribution in [0.2, 0.25) is 0 Å². The molecule has 0 saturated carbocycles. The Morgan fingerprint density at radius 2 is 1.90 bits per heavy atom. The Hall–Kier alpha value is -3.96. The van der Waals surface area contributed by atoms with Crippen LogP contribution in [0.3, 0.4) is 0 Å². The van der Waals surface area contributed by atoms with Gasteiger partial charge < -0.3 is 14.6 Å². The van der Waals surface area contributed by atoms with Crippen LogP contribution in [0.5, 0.6) is 0 Å². The number of amides is 1. The van der Waals surface area contributed by atoms with Gasteiger partial charge in [-0.15, -0.1) is 0 Å². The lowest BCUT2D eigenvalue weighted by Crippen LogP contribution is -2.40. The minimum atomic E-state index is -0.823. The summed E-state index contributed by atoms with van der Waals surface area (Å²) in [5, 5.41) is 8.74. The first-order chi connectivity index (χ1) is 14.1. The zero-order valence-electron chi connectivity index (χ0n) is 16.8. The third kappa shape index (κ3) is 3.54. The van der Waals surface area contributed by atoms with Crippen molar-refractivity contribution in [2.24, 2.45) is 14.1 Å². The lowest BCUT2D eigenvalue weighted by molar-refractivity contribution is -0.124. The van der Waals surface area contributed by atoms with Gasteiger partial charge in [-0.25, -0.2) is 14.7 Å². The number of hydrogen-bond donors (Lipinski definition) is 2. The van der Waals surface area contributed by atoms with Crippen LogP contribution >= 0.6 is 0 Å². The largest absolute Gasteiger partial charge is 0.465 e. The van der Waals surface area contributed by atoms with Gasteiger partial charge in [-0.05, 0) is 6.92 Å². The molecule has 0 spiro atoms. The standard InChI is InChI=1S/C18H20N6O6/c1-9(15(26)19-6-10-5-13(25)23(3)18(29)22(10)2)24-7-11-14(20-21-16(11)27)12(8-24)17(28)30-4/h5,7-9H,6H2,1-4H3,(H,19,26)(H,21,27). The molecule has 0 saturated heterocycles. The fourth-order valence-electron chi connectivity index (χ4n) is 2.95. The molecule has 2 aliphatic rings. The van der Waals surface area contributed by atoms with E-state index < -0.39 is 34.7 Å². The first-order valence-corrected chi connectivity index (χ1v) is 8.87. The monoisotopic (exact) mass is 416 g/mol. The minimum absolute atomic E-state index is 0.0296. The van der Waals surface area contributed by atoms with Crippen LogP contribution in [0.15, 0.2) is 32.8 Å². The maximum absolute atomic E-state index is 12.7. The van der Waals surface area contributed by atoms with E-state index in [4.69, 9.17) is 4.74 Å². The second-order valence-electron chi connectivity index (χ2n) is 6.69. The summed E-state index contributed by atoms with van der Waals surface area (Å²) in [4.78, 5) is 60.5. The van der Waals surface area contributed by atoms with E-state index in [1.54, 1.807) is 6.92 Å². The highest BCUT2D eigenvalue weighted by Gasteiger charge is 2.24. The van der Waals surface area contributed by atoms with E-state index in [0.29, 0.717) is 5.69 Å². The van der Waals surface area contributed by atoms with Gasteiger partial charge in [0, 0.05) is 38.2 Å². The van der Waals surface area contributed by atoms with Crippen LogP contribution < -0.4 is 22.1 Å². The first kappa shape index (κ1) is 20.8. The van der Waals surface area contributed by atoms with Crippen molar-refractivity contribution in [3.63, 3.8) is 0 Å². The fourth-order valence-corrected chi connectivity index (χ4v) is 2.95. The molecule has 0 fully saturated rings. The normalized spacial score (nSPS) is 12.0. The molecule has 0 bridgehead atoms. The van der Waals surface area contributed by atoms with E-state index >= 15 is 0 Å². The van der Waals surface area contributed by atoms with E-state index in [1.165, 1.54) is 48.8 Å². The molecule has 1 aromatic heterocycles. The highest BCUT2D eigenvalue weighted by Crippen LogP contribution is 2.22. The molecule has 0 radical (unpaired) electrons. The van der Waals surface area contributed by atoms with Crippen LogP contribution in [0.1, 0.15) is 29.0 Å². The topological polar surface area (TPSA) is 150 Å². The van der Waals surface area contributed by atoms with Crippen molar-refractivity contribution in [3.8, 4) is 11.3 Å². The summed E-state index contributed by atoms with van der Waals surface area (Å²) in [5.41, 5.74) is -0.867. The Labute approximate surface area is 169 Å². The second-order valence-corrected chi connectivity index (χ2v) is 6.69. The van der Waals surface area contributed by atoms with Crippen LogP contribution in [0.4, 0.5) is 0 Å². The van der Waals surface area contributed by atoms with E-state index in [2.05, 4.69) is 15.5 Å². The van der Waals surface area contributed by atoms with Crippen molar-refractivity contribution in [2.45, 2.75) is 19.5 Å². The summed E-state index contributed by atoms with van der Waals surface area (Å²) >= 11 is 0. The molecule has 1 unspecified atom stereocenters. The summed E-state index contributed by atoms with van der Waals surface area (Å²) in [5.74, 6) is -1.16. The molecule has 158 valence electrons. The quantitative estimate of drug-likeness (QED) is 0.493. The van der Waals surface area contributed by atoms with Crippen LogP contribution in [-0.4, -0.2) is 42.9 Å². The highest BCUT2D eigenvalue weighted by atomic mass is 16.5. The number of pyridine rings is 1. The lowest BCUT2D eigenvalue weighted by Gasteiger charge is -2.19. The van der Waals surface area contributed by atoms with Gasteiger partial charge in [-0.2, -0.15) is 5.10 Å². The van der Waals surface area contributed by atoms with Crippen molar-refractivity contribution >= 4 is 11.9 Å². The average Bonchev–Trinajstić information content (AvgIpc) is 3.12. The highest BCUT2D eigenvalue weighted by molar-refractivity contribution is 5.96. The van der Waals surface area contributed by atoms with Crippen molar-refractivity contribution in [1.29, 1.82) is 0 Å². The van der Waals surface area contributed by atoms with Crippen molar-refractivity contribution in [2.75, 3.05) is 7.11 Å². The number of carbonyl (C=O) groups is 2. The number of nitrogens with zero attached hydrogens (tertiary/aromatic N) is 4. The van der Waals surface area contributed by atoms with Crippen molar-refractivity contribution < 1.29 is 14.3 Å². The third-order valence-electron chi connectivity index (χ3n) is 4.88. The Morgan fingerprint density at radius 3 is 2.57 bits per heavy atom. The zero-order chi connectivity index (χ0) is 22.2. The predicted molar refractivity (Wildman–Crippen MR) is 104 cm³/mol. The number of fused-ring (bicyclic) bond motifs is 1. The zero-order valence-corrected chi connectivity index (χ0v) is 16.8. The molecule has 1 atom stereocenters. The first-order valence-electron chi connectivity index (χ1n) is 8.87. The van der Waals surface area contributed by atoms with Crippen molar-refractivity contribution in [1.82, 2.24) is 29.2 Å². The molecule has 1 aromatic rings. The molecule has 3 rings (SSSR count). The predicted octanol–water partition coefficient (Wildman–Crippen LogP) is -1.26. The molecule has 12 heteroatoms. The number of ether oxygens (including phenoxy) is 1. The number of rotatable bonds is 5. The minimum Gasteiger partial charge on any atom is -0.465 e. The van der Waals surface area contributed by atoms with E-state index in [-0.39, 0.29) is 23.4 Å². The molecule has 30 heavy (non-hydrogen) atoms. The van der Waals surface area contributed by atoms with Gasteiger partial charge in [-0.3, -0.25) is 23.5 Å². The smallest absolute Gasteiger partial charge is 0.341 e. The maximum Gasteiger partial charge on any atom is 0.341 e. The number of esters is 1. The molecule has 12 nitrogen and oxygen atoms in total. The van der Waals surface area contributed by atoms with Gasteiger partial charge in [-0.1, -0.05) is 0 Å². The van der Waals surface area contributed by atoms with Crippen LogP contribution in [-0.2, 0) is 30.2 Å². The van der Waals surface area contributed by atoms with E-state index in [1.807, 2.05) is 0 Å². The molecule has 2 aliphatic heterocycles. The van der Waals surface area contributed by atoms with Crippen LogP contribution in [0.25, 0.3) is 11.3 Å². The third-order valence-corrected chi connectivity index (χ3v) is 4.88. The van der Waals surface area contributed by atoms with E-state index in [9.17, 15) is 24.0 Å². The SMILES string of the molecule is COC(=O)c1cn(C(C)C(=O)NCc2cc(=O)n(C)c(=O)n2C)cc2c(=O)[nH]nc1-2. The van der Waals surface area contributed by atoms with Gasteiger partial charge in [0.15, 0.2) is 0 Å². The molecule has 1 amide bonds. The van der Waals surface area contributed by atoms with Gasteiger partial charge in [0.2, 0.25) is 5.91 Å². The van der Waals surface area contributed by atoms with E-state index in [0.717, 1.165) is 4.57 Å². The number of H-pyrrole nitrogens is 1. The number of carbonyl (C=O) groups excluding carboxylic acids is 2. The number of aromatic amines is 1. The number of nitrogens with one attached hydrogen (secondary N) is 2. The lowest BCUT2D eigenvalue weighted by atomic mass is 10.1. The van der Waals surface area contributed by atoms with Gasteiger partial charge in [0.05, 0.1) is 19.2 Å². The summed E-state index contributed by atoms with van der Waals surface area (Å²) in [6, 6.07) is 0.437. The molecular formula is C18H20N6O6. The number of methoxy groups -OCH3 is 1. The summed E-state index contributed by atoms with van der Waals surface area (Å²) in [6.07, 6.45) is 2.78. The molecule has 3 heterocycles. The number of aromatic nitrogens is 5. The molecule has 0 aromatic carbocycles. The second kappa shape index (κ2) is 7.81. The Kier molecular flexibility index (Phi) is 5.41.